The second-order valence-electron chi connectivity index (χ2n) is 7.20. The van der Waals surface area contributed by atoms with Gasteiger partial charge in [0.2, 0.25) is 5.91 Å². The predicted octanol–water partition coefficient (Wildman–Crippen LogP) is 3.32. The zero-order chi connectivity index (χ0) is 15.5. The Kier molecular flexibility index (Phi) is 5.04. The van der Waals surface area contributed by atoms with Crippen LogP contribution in [0.2, 0.25) is 0 Å². The smallest absolute Gasteiger partial charge is 0.223 e. The molecular weight excluding hydrogens is 260 g/mol. The molecule has 0 aromatic heterocycles. The molecule has 1 unspecified atom stereocenters. The zero-order valence-corrected chi connectivity index (χ0v) is 13.6. The lowest BCUT2D eigenvalue weighted by atomic mass is 9.76. The number of carbonyl (C=O) groups excluding carboxylic acids is 1. The number of nitrogens with zero attached hydrogens (tertiary/aromatic N) is 1. The minimum Gasteiger partial charge on any atom is -0.334 e. The number of hydrogen-bond donors (Lipinski definition) is 1. The van der Waals surface area contributed by atoms with Crippen molar-refractivity contribution in [3.05, 3.63) is 35.4 Å². The van der Waals surface area contributed by atoms with E-state index in [0.29, 0.717) is 18.9 Å². The van der Waals surface area contributed by atoms with E-state index in [9.17, 15) is 4.79 Å². The molecule has 0 aliphatic carbocycles. The first-order valence-electron chi connectivity index (χ1n) is 7.96. The van der Waals surface area contributed by atoms with Gasteiger partial charge in [0, 0.05) is 19.5 Å². The summed E-state index contributed by atoms with van der Waals surface area (Å²) in [5.74, 6) is 0.786. The highest BCUT2D eigenvalue weighted by atomic mass is 16.2. The van der Waals surface area contributed by atoms with Crippen LogP contribution in [0.15, 0.2) is 24.3 Å². The van der Waals surface area contributed by atoms with Crippen LogP contribution < -0.4 is 5.73 Å². The van der Waals surface area contributed by atoms with Crippen LogP contribution in [0.5, 0.6) is 0 Å². The Morgan fingerprint density at radius 3 is 2.24 bits per heavy atom. The first kappa shape index (κ1) is 16.0. The molecule has 1 aliphatic heterocycles. The molecule has 0 saturated heterocycles. The standard InChI is InChI=1S/C18H28N2O/c1-18(2,3)16(10-11-19)8-9-17(21)20-12-14-6-4-5-7-15(14)13-20/h4-7,16H,8-13,19H2,1-3H3. The van der Waals surface area contributed by atoms with Crippen LogP contribution in [0, 0.1) is 11.3 Å². The summed E-state index contributed by atoms with van der Waals surface area (Å²) in [6.45, 7) is 8.96. The Labute approximate surface area is 128 Å². The van der Waals surface area contributed by atoms with Crippen molar-refractivity contribution in [1.82, 2.24) is 4.90 Å². The predicted molar refractivity (Wildman–Crippen MR) is 86.5 cm³/mol. The van der Waals surface area contributed by atoms with E-state index in [2.05, 4.69) is 32.9 Å². The average molecular weight is 288 g/mol. The van der Waals surface area contributed by atoms with Gasteiger partial charge in [-0.2, -0.15) is 0 Å². The van der Waals surface area contributed by atoms with Crippen LogP contribution >= 0.6 is 0 Å². The molecule has 1 heterocycles. The molecule has 0 radical (unpaired) electrons. The van der Waals surface area contributed by atoms with E-state index < -0.39 is 0 Å². The van der Waals surface area contributed by atoms with Gasteiger partial charge in [0.15, 0.2) is 0 Å². The van der Waals surface area contributed by atoms with Crippen molar-refractivity contribution in [2.24, 2.45) is 17.1 Å². The zero-order valence-electron chi connectivity index (χ0n) is 13.6. The highest BCUT2D eigenvalue weighted by Crippen LogP contribution is 2.33. The Bertz CT molecular complexity index is 465. The number of nitrogens with two attached hydrogens (primary N) is 1. The molecule has 3 heteroatoms. The first-order valence-corrected chi connectivity index (χ1v) is 7.96. The average Bonchev–Trinajstić information content (AvgIpc) is 2.85. The van der Waals surface area contributed by atoms with Crippen LogP contribution in [0.25, 0.3) is 0 Å². The minimum atomic E-state index is 0.216. The highest BCUT2D eigenvalue weighted by Gasteiger charge is 2.27. The summed E-state index contributed by atoms with van der Waals surface area (Å²) in [6.07, 6.45) is 2.57. The molecule has 1 aliphatic rings. The third-order valence-electron chi connectivity index (χ3n) is 4.64. The van der Waals surface area contributed by atoms with E-state index in [0.717, 1.165) is 25.9 Å². The lowest BCUT2D eigenvalue weighted by Crippen LogP contribution is -2.28. The normalized spacial score (nSPS) is 15.9. The number of rotatable bonds is 5. The largest absolute Gasteiger partial charge is 0.334 e. The van der Waals surface area contributed by atoms with Crippen LogP contribution in [-0.2, 0) is 17.9 Å². The maximum Gasteiger partial charge on any atom is 0.223 e. The van der Waals surface area contributed by atoms with Gasteiger partial charge in [-0.3, -0.25) is 4.79 Å². The minimum absolute atomic E-state index is 0.216. The summed E-state index contributed by atoms with van der Waals surface area (Å²) in [5.41, 5.74) is 8.52. The van der Waals surface area contributed by atoms with Crippen molar-refractivity contribution in [2.75, 3.05) is 6.54 Å². The third-order valence-corrected chi connectivity index (χ3v) is 4.64. The number of carbonyl (C=O) groups is 1. The molecule has 1 amide bonds. The molecule has 2 rings (SSSR count). The molecule has 0 bridgehead atoms. The number of benzene rings is 1. The summed E-state index contributed by atoms with van der Waals surface area (Å²) < 4.78 is 0. The van der Waals surface area contributed by atoms with Crippen molar-refractivity contribution in [3.8, 4) is 0 Å². The van der Waals surface area contributed by atoms with E-state index in [-0.39, 0.29) is 11.3 Å². The monoisotopic (exact) mass is 288 g/mol. The fraction of sp³-hybridized carbons (Fsp3) is 0.611. The van der Waals surface area contributed by atoms with Gasteiger partial charge >= 0.3 is 0 Å². The van der Waals surface area contributed by atoms with Crippen molar-refractivity contribution in [1.29, 1.82) is 0 Å². The van der Waals surface area contributed by atoms with Crippen molar-refractivity contribution in [2.45, 2.75) is 53.1 Å². The fourth-order valence-corrected chi connectivity index (χ4v) is 3.18. The molecular formula is C18H28N2O. The van der Waals surface area contributed by atoms with Crippen LogP contribution in [0.4, 0.5) is 0 Å². The highest BCUT2D eigenvalue weighted by molar-refractivity contribution is 5.77. The molecule has 3 nitrogen and oxygen atoms in total. The number of hydrogen-bond acceptors (Lipinski definition) is 2. The Morgan fingerprint density at radius 2 is 1.76 bits per heavy atom. The molecule has 2 N–H and O–H groups in total. The number of amides is 1. The summed E-state index contributed by atoms with van der Waals surface area (Å²) in [5, 5.41) is 0. The fourth-order valence-electron chi connectivity index (χ4n) is 3.18. The maximum atomic E-state index is 12.4. The van der Waals surface area contributed by atoms with Gasteiger partial charge in [-0.1, -0.05) is 45.0 Å². The van der Waals surface area contributed by atoms with Crippen LogP contribution in [0.3, 0.4) is 0 Å². The van der Waals surface area contributed by atoms with Crippen molar-refractivity contribution in [3.63, 3.8) is 0 Å². The van der Waals surface area contributed by atoms with Crippen molar-refractivity contribution < 1.29 is 4.79 Å². The quantitative estimate of drug-likeness (QED) is 0.903. The molecule has 0 saturated carbocycles. The van der Waals surface area contributed by atoms with Gasteiger partial charge in [0.25, 0.3) is 0 Å². The van der Waals surface area contributed by atoms with Gasteiger partial charge in [-0.25, -0.2) is 0 Å². The molecule has 21 heavy (non-hydrogen) atoms. The Morgan fingerprint density at radius 1 is 1.19 bits per heavy atom. The van der Waals surface area contributed by atoms with Gasteiger partial charge in [0.1, 0.15) is 0 Å². The molecule has 116 valence electrons. The molecule has 0 spiro atoms. The SMILES string of the molecule is CC(C)(C)C(CCN)CCC(=O)N1Cc2ccccc2C1. The molecule has 1 aromatic rings. The molecule has 1 aromatic carbocycles. The topological polar surface area (TPSA) is 46.3 Å². The maximum absolute atomic E-state index is 12.4. The summed E-state index contributed by atoms with van der Waals surface area (Å²) in [4.78, 5) is 14.4. The molecule has 1 atom stereocenters. The van der Waals surface area contributed by atoms with Gasteiger partial charge < -0.3 is 10.6 Å². The number of fused-ring (bicyclic) bond motifs is 1. The van der Waals surface area contributed by atoms with E-state index >= 15 is 0 Å². The first-order chi connectivity index (χ1) is 9.91. The van der Waals surface area contributed by atoms with E-state index in [1.807, 2.05) is 17.0 Å². The summed E-state index contributed by atoms with van der Waals surface area (Å²) >= 11 is 0. The summed E-state index contributed by atoms with van der Waals surface area (Å²) in [6, 6.07) is 8.33. The Balaban J connectivity index is 1.88. The van der Waals surface area contributed by atoms with Gasteiger partial charge in [-0.05, 0) is 41.8 Å². The van der Waals surface area contributed by atoms with E-state index in [4.69, 9.17) is 5.73 Å². The lowest BCUT2D eigenvalue weighted by Gasteiger charge is -2.31. The van der Waals surface area contributed by atoms with Gasteiger partial charge in [-0.15, -0.1) is 0 Å². The van der Waals surface area contributed by atoms with Crippen LogP contribution in [-0.4, -0.2) is 17.4 Å². The van der Waals surface area contributed by atoms with Gasteiger partial charge in [0.05, 0.1) is 0 Å². The second-order valence-corrected chi connectivity index (χ2v) is 7.20. The van der Waals surface area contributed by atoms with Crippen LogP contribution in [0.1, 0.15) is 51.2 Å². The second kappa shape index (κ2) is 6.61. The third kappa shape index (κ3) is 4.07. The van der Waals surface area contributed by atoms with E-state index in [1.165, 1.54) is 11.1 Å². The Hall–Kier alpha value is -1.35. The van der Waals surface area contributed by atoms with Crippen molar-refractivity contribution >= 4 is 5.91 Å². The lowest BCUT2D eigenvalue weighted by molar-refractivity contribution is -0.132. The molecule has 0 fully saturated rings. The van der Waals surface area contributed by atoms with E-state index in [1.54, 1.807) is 0 Å². The summed E-state index contributed by atoms with van der Waals surface area (Å²) in [7, 11) is 0.